The van der Waals surface area contributed by atoms with Gasteiger partial charge < -0.3 is 14.6 Å². The van der Waals surface area contributed by atoms with Gasteiger partial charge in [-0.25, -0.2) is 0 Å². The zero-order valence-corrected chi connectivity index (χ0v) is 17.6. The van der Waals surface area contributed by atoms with Crippen molar-refractivity contribution >= 4 is 28.2 Å². The first-order valence-corrected chi connectivity index (χ1v) is 9.92. The molecule has 4 aromatic rings. The Morgan fingerprint density at radius 1 is 1.00 bits per heavy atom. The molecule has 1 heterocycles. The Bertz CT molecular complexity index is 1250. The fraction of sp³-hybridized carbons (Fsp3) is 0.160. The van der Waals surface area contributed by atoms with Crippen molar-refractivity contribution in [2.24, 2.45) is 0 Å². The molecule has 3 aromatic carbocycles. The number of nitrogens with zero attached hydrogens (tertiary/aromatic N) is 1. The average Bonchev–Trinajstić information content (AvgIpc) is 3.09. The SMILES string of the molecule is CC(=O)c1ccc(NC(=O)c2cc3ccccc3cc2OCc2c(C)noc2C)cc1. The van der Waals surface area contributed by atoms with Gasteiger partial charge in [0.2, 0.25) is 0 Å². The lowest BCUT2D eigenvalue weighted by atomic mass is 10.0. The van der Waals surface area contributed by atoms with E-state index in [1.54, 1.807) is 24.3 Å². The van der Waals surface area contributed by atoms with E-state index in [0.717, 1.165) is 22.0 Å². The van der Waals surface area contributed by atoms with Crippen LogP contribution in [0.25, 0.3) is 10.8 Å². The van der Waals surface area contributed by atoms with Crippen LogP contribution in [0.3, 0.4) is 0 Å². The van der Waals surface area contributed by atoms with E-state index in [1.165, 1.54) is 6.92 Å². The molecule has 0 saturated heterocycles. The van der Waals surface area contributed by atoms with Gasteiger partial charge >= 0.3 is 0 Å². The highest BCUT2D eigenvalue weighted by molar-refractivity contribution is 6.09. The average molecular weight is 414 g/mol. The molecule has 6 heteroatoms. The zero-order valence-electron chi connectivity index (χ0n) is 17.6. The summed E-state index contributed by atoms with van der Waals surface area (Å²) in [5.41, 5.74) is 3.22. The molecule has 1 aromatic heterocycles. The van der Waals surface area contributed by atoms with Gasteiger partial charge in [-0.3, -0.25) is 9.59 Å². The highest BCUT2D eigenvalue weighted by Crippen LogP contribution is 2.28. The predicted octanol–water partition coefficient (Wildman–Crippen LogP) is 5.48. The molecule has 0 unspecified atom stereocenters. The molecular formula is C25H22N2O4. The standard InChI is InChI=1S/C25H22N2O4/c1-15-23(17(3)31-27-15)14-30-24-13-20-7-5-4-6-19(20)12-22(24)25(29)26-21-10-8-18(9-11-21)16(2)28/h4-13H,14H2,1-3H3,(H,26,29). The number of ether oxygens (including phenoxy) is 1. The summed E-state index contributed by atoms with van der Waals surface area (Å²) in [7, 11) is 0. The molecule has 0 fully saturated rings. The molecular weight excluding hydrogens is 392 g/mol. The van der Waals surface area contributed by atoms with Gasteiger partial charge in [0.15, 0.2) is 5.78 Å². The zero-order chi connectivity index (χ0) is 22.0. The van der Waals surface area contributed by atoms with Crippen LogP contribution in [-0.4, -0.2) is 16.8 Å². The van der Waals surface area contributed by atoms with E-state index >= 15 is 0 Å². The van der Waals surface area contributed by atoms with Crippen LogP contribution < -0.4 is 10.1 Å². The van der Waals surface area contributed by atoms with E-state index < -0.39 is 0 Å². The Balaban J connectivity index is 1.65. The molecule has 0 atom stereocenters. The lowest BCUT2D eigenvalue weighted by molar-refractivity contribution is 0.101. The minimum Gasteiger partial charge on any atom is -0.488 e. The summed E-state index contributed by atoms with van der Waals surface area (Å²) in [6.07, 6.45) is 0. The Hall–Kier alpha value is -3.93. The van der Waals surface area contributed by atoms with Gasteiger partial charge in [-0.2, -0.15) is 0 Å². The highest BCUT2D eigenvalue weighted by Gasteiger charge is 2.17. The van der Waals surface area contributed by atoms with E-state index in [9.17, 15) is 9.59 Å². The third kappa shape index (κ3) is 4.33. The van der Waals surface area contributed by atoms with Gasteiger partial charge in [0, 0.05) is 11.3 Å². The number of amides is 1. The second-order valence-electron chi connectivity index (χ2n) is 7.37. The fourth-order valence-electron chi connectivity index (χ4n) is 3.36. The molecule has 0 aliphatic heterocycles. The van der Waals surface area contributed by atoms with Crippen LogP contribution in [0.4, 0.5) is 5.69 Å². The van der Waals surface area contributed by atoms with Crippen molar-refractivity contribution in [2.45, 2.75) is 27.4 Å². The third-order valence-corrected chi connectivity index (χ3v) is 5.20. The van der Waals surface area contributed by atoms with E-state index in [1.807, 2.05) is 50.2 Å². The van der Waals surface area contributed by atoms with Gasteiger partial charge in [0.25, 0.3) is 5.91 Å². The number of Topliss-reactive ketones (excluding diaryl/α,β-unsaturated/α-hetero) is 1. The van der Waals surface area contributed by atoms with Gasteiger partial charge in [0.05, 0.1) is 16.8 Å². The maximum Gasteiger partial charge on any atom is 0.259 e. The number of fused-ring (bicyclic) bond motifs is 1. The Morgan fingerprint density at radius 2 is 1.68 bits per heavy atom. The topological polar surface area (TPSA) is 81.4 Å². The van der Waals surface area contributed by atoms with Crippen LogP contribution >= 0.6 is 0 Å². The van der Waals surface area contributed by atoms with Crippen LogP contribution in [-0.2, 0) is 6.61 Å². The van der Waals surface area contributed by atoms with Crippen LogP contribution in [0, 0.1) is 13.8 Å². The Kier molecular flexibility index (Phi) is 5.54. The monoisotopic (exact) mass is 414 g/mol. The summed E-state index contributed by atoms with van der Waals surface area (Å²) in [5, 5.41) is 8.74. The van der Waals surface area contributed by atoms with Crippen molar-refractivity contribution in [1.82, 2.24) is 5.16 Å². The minimum atomic E-state index is -0.296. The van der Waals surface area contributed by atoms with Crippen LogP contribution in [0.5, 0.6) is 5.75 Å². The predicted molar refractivity (Wildman–Crippen MR) is 119 cm³/mol. The third-order valence-electron chi connectivity index (χ3n) is 5.20. The van der Waals surface area contributed by atoms with Gasteiger partial charge in [-0.15, -0.1) is 0 Å². The van der Waals surface area contributed by atoms with Crippen molar-refractivity contribution in [1.29, 1.82) is 0 Å². The van der Waals surface area contributed by atoms with Gasteiger partial charge in [0.1, 0.15) is 18.1 Å². The van der Waals surface area contributed by atoms with E-state index in [2.05, 4.69) is 10.5 Å². The first kappa shape index (κ1) is 20.3. The van der Waals surface area contributed by atoms with Crippen molar-refractivity contribution in [2.75, 3.05) is 5.32 Å². The van der Waals surface area contributed by atoms with Gasteiger partial charge in [-0.05, 0) is 67.9 Å². The quantitative estimate of drug-likeness (QED) is 0.423. The van der Waals surface area contributed by atoms with Gasteiger partial charge in [-0.1, -0.05) is 29.4 Å². The number of nitrogens with one attached hydrogen (secondary N) is 1. The first-order valence-electron chi connectivity index (χ1n) is 9.92. The molecule has 0 bridgehead atoms. The molecule has 0 radical (unpaired) electrons. The van der Waals surface area contributed by atoms with Crippen molar-refractivity contribution < 1.29 is 18.8 Å². The van der Waals surface area contributed by atoms with E-state index in [-0.39, 0.29) is 18.3 Å². The smallest absolute Gasteiger partial charge is 0.259 e. The van der Waals surface area contributed by atoms with Crippen molar-refractivity contribution in [3.8, 4) is 5.75 Å². The molecule has 0 saturated carbocycles. The fourth-order valence-corrected chi connectivity index (χ4v) is 3.36. The largest absolute Gasteiger partial charge is 0.488 e. The highest BCUT2D eigenvalue weighted by atomic mass is 16.5. The molecule has 4 rings (SSSR count). The maximum atomic E-state index is 13.1. The molecule has 0 aliphatic carbocycles. The summed E-state index contributed by atoms with van der Waals surface area (Å²) in [6.45, 7) is 5.43. The summed E-state index contributed by atoms with van der Waals surface area (Å²) >= 11 is 0. The number of hydrogen-bond donors (Lipinski definition) is 1. The van der Waals surface area contributed by atoms with Crippen molar-refractivity contribution in [3.63, 3.8) is 0 Å². The first-order chi connectivity index (χ1) is 14.9. The lowest BCUT2D eigenvalue weighted by Gasteiger charge is -2.14. The molecule has 0 spiro atoms. The molecule has 0 aliphatic rings. The summed E-state index contributed by atoms with van der Waals surface area (Å²) < 4.78 is 11.3. The Morgan fingerprint density at radius 3 is 2.29 bits per heavy atom. The molecule has 1 N–H and O–H groups in total. The number of carbonyl (C=O) groups is 2. The molecule has 156 valence electrons. The van der Waals surface area contributed by atoms with Crippen molar-refractivity contribution in [3.05, 3.63) is 88.8 Å². The number of rotatable bonds is 6. The second kappa shape index (κ2) is 8.44. The minimum absolute atomic E-state index is 0.0255. The number of benzene rings is 3. The number of aryl methyl sites for hydroxylation is 2. The van der Waals surface area contributed by atoms with Crippen LogP contribution in [0.15, 0.2) is 65.2 Å². The lowest BCUT2D eigenvalue weighted by Crippen LogP contribution is -2.14. The maximum absolute atomic E-state index is 13.1. The van der Waals surface area contributed by atoms with E-state index in [0.29, 0.717) is 28.3 Å². The normalized spacial score (nSPS) is 10.8. The summed E-state index contributed by atoms with van der Waals surface area (Å²) in [4.78, 5) is 24.6. The summed E-state index contributed by atoms with van der Waals surface area (Å²) in [6, 6.07) is 18.3. The number of ketones is 1. The number of aromatic nitrogens is 1. The second-order valence-corrected chi connectivity index (χ2v) is 7.37. The molecule has 1 amide bonds. The number of hydrogen-bond acceptors (Lipinski definition) is 5. The Labute approximate surface area is 179 Å². The van der Waals surface area contributed by atoms with Crippen LogP contribution in [0.2, 0.25) is 0 Å². The van der Waals surface area contributed by atoms with E-state index in [4.69, 9.17) is 9.26 Å². The molecule has 6 nitrogen and oxygen atoms in total. The number of anilines is 1. The van der Waals surface area contributed by atoms with Crippen LogP contribution in [0.1, 0.15) is 44.7 Å². The molecule has 31 heavy (non-hydrogen) atoms. The number of carbonyl (C=O) groups excluding carboxylic acids is 2. The summed E-state index contributed by atoms with van der Waals surface area (Å²) in [5.74, 6) is 0.837.